The monoisotopic (exact) mass is 239 g/mol. The number of hydrogen-bond donors (Lipinski definition) is 2. The first kappa shape index (κ1) is 12.8. The van der Waals surface area contributed by atoms with E-state index in [4.69, 9.17) is 5.11 Å². The summed E-state index contributed by atoms with van der Waals surface area (Å²) < 4.78 is 35.7. The summed E-state index contributed by atoms with van der Waals surface area (Å²) in [5, 5.41) is 10.4. The van der Waals surface area contributed by atoms with Gasteiger partial charge in [0.2, 0.25) is 0 Å². The average molecular weight is 239 g/mol. The predicted octanol–water partition coefficient (Wildman–Crippen LogP) is 1.31. The molecule has 0 saturated heterocycles. The number of aliphatic carboxylic acids is 1. The molecule has 92 valence electrons. The number of halogens is 3. The fourth-order valence-corrected chi connectivity index (χ4v) is 1.91. The van der Waals surface area contributed by atoms with Gasteiger partial charge in [-0.25, -0.2) is 0 Å². The number of carbonyl (C=O) groups excluding carboxylic acids is 1. The second-order valence-corrected chi connectivity index (χ2v) is 3.95. The molecule has 0 aromatic carbocycles. The van der Waals surface area contributed by atoms with Crippen LogP contribution in [0.1, 0.15) is 25.7 Å². The maximum absolute atomic E-state index is 11.9. The van der Waals surface area contributed by atoms with Gasteiger partial charge in [-0.2, -0.15) is 13.2 Å². The largest absolute Gasteiger partial charge is 0.481 e. The molecular weight excluding hydrogens is 227 g/mol. The Morgan fingerprint density at radius 3 is 2.44 bits per heavy atom. The first-order valence-corrected chi connectivity index (χ1v) is 4.88. The first-order chi connectivity index (χ1) is 7.29. The van der Waals surface area contributed by atoms with Gasteiger partial charge in [-0.1, -0.05) is 0 Å². The number of hydrogen-bond acceptors (Lipinski definition) is 2. The SMILES string of the molecule is O=C(O)C[C@@H]1CC[C@@H](NC(=O)C(F)(F)F)C1. The summed E-state index contributed by atoms with van der Waals surface area (Å²) in [4.78, 5) is 21.0. The van der Waals surface area contributed by atoms with Gasteiger partial charge >= 0.3 is 18.1 Å². The minimum Gasteiger partial charge on any atom is -0.481 e. The van der Waals surface area contributed by atoms with Crippen LogP contribution in [0.15, 0.2) is 0 Å². The summed E-state index contributed by atoms with van der Waals surface area (Å²) in [6.07, 6.45) is -3.69. The fraction of sp³-hybridized carbons (Fsp3) is 0.778. The molecule has 4 nitrogen and oxygen atoms in total. The highest BCUT2D eigenvalue weighted by Gasteiger charge is 2.40. The predicted molar refractivity (Wildman–Crippen MR) is 47.6 cm³/mol. The summed E-state index contributed by atoms with van der Waals surface area (Å²) in [5.41, 5.74) is 0. The van der Waals surface area contributed by atoms with E-state index in [0.717, 1.165) is 0 Å². The number of carboxylic acid groups (broad SMARTS) is 1. The van der Waals surface area contributed by atoms with Crippen molar-refractivity contribution < 1.29 is 27.9 Å². The lowest BCUT2D eigenvalue weighted by Crippen LogP contribution is -2.42. The Bertz CT molecular complexity index is 290. The molecule has 1 saturated carbocycles. The molecule has 1 fully saturated rings. The van der Waals surface area contributed by atoms with Crippen LogP contribution in [0.4, 0.5) is 13.2 Å². The Labute approximate surface area is 89.8 Å². The van der Waals surface area contributed by atoms with Gasteiger partial charge in [0.05, 0.1) is 0 Å². The highest BCUT2D eigenvalue weighted by molar-refractivity contribution is 5.82. The molecule has 16 heavy (non-hydrogen) atoms. The second-order valence-electron chi connectivity index (χ2n) is 3.95. The third kappa shape index (κ3) is 3.71. The normalized spacial score (nSPS) is 25.4. The number of carbonyl (C=O) groups is 2. The van der Waals surface area contributed by atoms with Gasteiger partial charge < -0.3 is 10.4 Å². The lowest BCUT2D eigenvalue weighted by Gasteiger charge is -2.14. The van der Waals surface area contributed by atoms with Crippen molar-refractivity contribution in [2.24, 2.45) is 5.92 Å². The number of amides is 1. The molecule has 0 radical (unpaired) electrons. The Hall–Kier alpha value is -1.27. The van der Waals surface area contributed by atoms with E-state index in [1.807, 2.05) is 5.32 Å². The molecular formula is C9H12F3NO3. The van der Waals surface area contributed by atoms with Crippen molar-refractivity contribution in [2.75, 3.05) is 0 Å². The molecule has 2 atom stereocenters. The lowest BCUT2D eigenvalue weighted by atomic mass is 10.0. The highest BCUT2D eigenvalue weighted by Crippen LogP contribution is 2.29. The zero-order valence-corrected chi connectivity index (χ0v) is 8.38. The third-order valence-electron chi connectivity index (χ3n) is 2.60. The van der Waals surface area contributed by atoms with E-state index in [1.165, 1.54) is 0 Å². The molecule has 1 rings (SSSR count). The zero-order valence-electron chi connectivity index (χ0n) is 8.38. The molecule has 7 heteroatoms. The molecule has 1 aliphatic carbocycles. The number of alkyl halides is 3. The van der Waals surface area contributed by atoms with Crippen molar-refractivity contribution in [3.8, 4) is 0 Å². The Kier molecular flexibility index (Phi) is 3.77. The van der Waals surface area contributed by atoms with E-state index in [1.54, 1.807) is 0 Å². The van der Waals surface area contributed by atoms with Crippen molar-refractivity contribution in [2.45, 2.75) is 37.9 Å². The lowest BCUT2D eigenvalue weighted by molar-refractivity contribution is -0.174. The van der Waals surface area contributed by atoms with Crippen LogP contribution in [0.3, 0.4) is 0 Å². The van der Waals surface area contributed by atoms with E-state index >= 15 is 0 Å². The summed E-state index contributed by atoms with van der Waals surface area (Å²) in [7, 11) is 0. The Balaban J connectivity index is 2.37. The first-order valence-electron chi connectivity index (χ1n) is 4.88. The molecule has 0 unspecified atom stereocenters. The molecule has 0 heterocycles. The van der Waals surface area contributed by atoms with Crippen LogP contribution in [0.25, 0.3) is 0 Å². The summed E-state index contributed by atoms with van der Waals surface area (Å²) in [6.45, 7) is 0. The average Bonchev–Trinajstić information content (AvgIpc) is 2.49. The molecule has 0 bridgehead atoms. The van der Waals surface area contributed by atoms with Crippen molar-refractivity contribution in [3.63, 3.8) is 0 Å². The van der Waals surface area contributed by atoms with Gasteiger partial charge in [0.15, 0.2) is 0 Å². The molecule has 0 aromatic heterocycles. The zero-order chi connectivity index (χ0) is 12.3. The van der Waals surface area contributed by atoms with Crippen LogP contribution in [0.2, 0.25) is 0 Å². The van der Waals surface area contributed by atoms with Gasteiger partial charge in [0, 0.05) is 12.5 Å². The second kappa shape index (κ2) is 4.71. The van der Waals surface area contributed by atoms with Crippen molar-refractivity contribution in [1.82, 2.24) is 5.32 Å². The van der Waals surface area contributed by atoms with Crippen LogP contribution in [0.5, 0.6) is 0 Å². The standard InChI is InChI=1S/C9H12F3NO3/c10-9(11,12)8(16)13-6-2-1-5(3-6)4-7(14)15/h5-6H,1-4H2,(H,13,16)(H,14,15)/t5-,6-/m1/s1. The summed E-state index contributed by atoms with van der Waals surface area (Å²) in [5.74, 6) is -3.06. The van der Waals surface area contributed by atoms with Crippen molar-refractivity contribution in [1.29, 1.82) is 0 Å². The van der Waals surface area contributed by atoms with E-state index in [2.05, 4.69) is 0 Å². The molecule has 2 N–H and O–H groups in total. The number of rotatable bonds is 3. The Morgan fingerprint density at radius 1 is 1.31 bits per heavy atom. The van der Waals surface area contributed by atoms with E-state index in [0.29, 0.717) is 19.3 Å². The van der Waals surface area contributed by atoms with Gasteiger partial charge in [-0.3, -0.25) is 9.59 Å². The van der Waals surface area contributed by atoms with Crippen LogP contribution in [-0.4, -0.2) is 29.2 Å². The van der Waals surface area contributed by atoms with Crippen LogP contribution >= 0.6 is 0 Å². The highest BCUT2D eigenvalue weighted by atomic mass is 19.4. The smallest absolute Gasteiger partial charge is 0.471 e. The minimum absolute atomic E-state index is 0.0572. The van der Waals surface area contributed by atoms with Crippen molar-refractivity contribution >= 4 is 11.9 Å². The molecule has 1 aliphatic rings. The molecule has 0 aromatic rings. The summed E-state index contributed by atoms with van der Waals surface area (Å²) >= 11 is 0. The quantitative estimate of drug-likeness (QED) is 0.780. The van der Waals surface area contributed by atoms with Crippen LogP contribution < -0.4 is 5.32 Å². The topological polar surface area (TPSA) is 66.4 Å². The van der Waals surface area contributed by atoms with Crippen LogP contribution in [-0.2, 0) is 9.59 Å². The fourth-order valence-electron chi connectivity index (χ4n) is 1.91. The molecule has 0 spiro atoms. The Morgan fingerprint density at radius 2 is 1.94 bits per heavy atom. The van der Waals surface area contributed by atoms with Gasteiger partial charge in [-0.15, -0.1) is 0 Å². The third-order valence-corrected chi connectivity index (χ3v) is 2.60. The van der Waals surface area contributed by atoms with E-state index in [9.17, 15) is 22.8 Å². The van der Waals surface area contributed by atoms with Gasteiger partial charge in [0.25, 0.3) is 0 Å². The van der Waals surface area contributed by atoms with Gasteiger partial charge in [0.1, 0.15) is 0 Å². The molecule has 1 amide bonds. The maximum atomic E-state index is 11.9. The van der Waals surface area contributed by atoms with Crippen LogP contribution in [0, 0.1) is 5.92 Å². The maximum Gasteiger partial charge on any atom is 0.471 e. The number of carboxylic acids is 1. The molecule has 0 aliphatic heterocycles. The van der Waals surface area contributed by atoms with E-state index in [-0.39, 0.29) is 12.3 Å². The summed E-state index contributed by atoms with van der Waals surface area (Å²) in [6, 6.07) is -0.557. The van der Waals surface area contributed by atoms with Gasteiger partial charge in [-0.05, 0) is 25.2 Å². The number of nitrogens with one attached hydrogen (secondary N) is 1. The van der Waals surface area contributed by atoms with Crippen molar-refractivity contribution in [3.05, 3.63) is 0 Å². The minimum atomic E-state index is -4.87. The van der Waals surface area contributed by atoms with E-state index < -0.39 is 24.1 Å².